The molecule has 2 aromatic rings. The third-order valence-electron chi connectivity index (χ3n) is 4.77. The van der Waals surface area contributed by atoms with Crippen LogP contribution in [0.25, 0.3) is 0 Å². The van der Waals surface area contributed by atoms with Crippen molar-refractivity contribution in [2.75, 3.05) is 13.2 Å². The molecule has 9 nitrogen and oxygen atoms in total. The summed E-state index contributed by atoms with van der Waals surface area (Å²) in [5.41, 5.74) is 1.42. The average Bonchev–Trinajstić information content (AvgIpc) is 2.83. The first-order valence-corrected chi connectivity index (χ1v) is 10.3. The minimum Gasteiger partial charge on any atom is -0.479 e. The van der Waals surface area contributed by atoms with Crippen molar-refractivity contribution < 1.29 is 28.6 Å². The molecule has 33 heavy (non-hydrogen) atoms. The van der Waals surface area contributed by atoms with Crippen LogP contribution >= 0.6 is 0 Å². The van der Waals surface area contributed by atoms with Gasteiger partial charge in [-0.05, 0) is 43.7 Å². The van der Waals surface area contributed by atoms with Crippen LogP contribution in [-0.2, 0) is 19.1 Å². The number of nitrogens with zero attached hydrogens (tertiary/aromatic N) is 1. The average molecular weight is 449 g/mol. The molecule has 3 rings (SSSR count). The van der Waals surface area contributed by atoms with Crippen molar-refractivity contribution in [3.63, 3.8) is 0 Å². The zero-order chi connectivity index (χ0) is 23.8. The lowest BCUT2D eigenvalue weighted by Gasteiger charge is -2.29. The molecule has 9 heteroatoms. The van der Waals surface area contributed by atoms with Gasteiger partial charge in [0.25, 0.3) is 0 Å². The van der Waals surface area contributed by atoms with E-state index in [0.29, 0.717) is 16.9 Å². The number of rotatable bonds is 8. The molecule has 1 heterocycles. The first-order valence-electron chi connectivity index (χ1n) is 10.3. The molecule has 2 atom stereocenters. The summed E-state index contributed by atoms with van der Waals surface area (Å²) >= 11 is 0. The Hall–Kier alpha value is -4.32. The second-order valence-electron chi connectivity index (χ2n) is 7.06. The van der Waals surface area contributed by atoms with E-state index in [4.69, 9.17) is 19.5 Å². The highest BCUT2D eigenvalue weighted by molar-refractivity contribution is 5.95. The maximum atomic E-state index is 12.7. The first-order chi connectivity index (χ1) is 15.9. The van der Waals surface area contributed by atoms with Gasteiger partial charge in [-0.25, -0.2) is 14.4 Å². The Morgan fingerprint density at radius 1 is 1.09 bits per heavy atom. The summed E-state index contributed by atoms with van der Waals surface area (Å²) in [5, 5.41) is 14.1. The second-order valence-corrected chi connectivity index (χ2v) is 7.06. The van der Waals surface area contributed by atoms with E-state index in [1.807, 2.05) is 12.1 Å². The Morgan fingerprint density at radius 2 is 1.79 bits per heavy atom. The van der Waals surface area contributed by atoms with Crippen LogP contribution in [0.1, 0.15) is 31.0 Å². The van der Waals surface area contributed by atoms with Crippen LogP contribution in [0.4, 0.5) is 4.79 Å². The van der Waals surface area contributed by atoms with E-state index in [0.717, 1.165) is 0 Å². The van der Waals surface area contributed by atoms with Crippen LogP contribution in [0.5, 0.6) is 5.75 Å². The molecule has 0 radical (unpaired) electrons. The van der Waals surface area contributed by atoms with Crippen molar-refractivity contribution in [1.82, 2.24) is 10.6 Å². The zero-order valence-corrected chi connectivity index (χ0v) is 18.2. The smallest absolute Gasteiger partial charge is 0.347 e. The van der Waals surface area contributed by atoms with Gasteiger partial charge >= 0.3 is 18.0 Å². The lowest BCUT2D eigenvalue weighted by molar-refractivity contribution is -0.150. The number of carbonyl (C=O) groups excluding carboxylic acids is 3. The van der Waals surface area contributed by atoms with Crippen molar-refractivity contribution >= 4 is 18.0 Å². The fourth-order valence-electron chi connectivity index (χ4n) is 3.20. The van der Waals surface area contributed by atoms with E-state index in [1.54, 1.807) is 55.5 Å². The quantitative estimate of drug-likeness (QED) is 0.593. The van der Waals surface area contributed by atoms with Crippen molar-refractivity contribution in [2.24, 2.45) is 0 Å². The van der Waals surface area contributed by atoms with E-state index < -0.39 is 30.1 Å². The largest absolute Gasteiger partial charge is 0.479 e. The summed E-state index contributed by atoms with van der Waals surface area (Å²) in [6.45, 7) is 2.97. The van der Waals surface area contributed by atoms with Crippen LogP contribution < -0.4 is 15.4 Å². The minimum atomic E-state index is -0.966. The van der Waals surface area contributed by atoms with Crippen LogP contribution in [0.15, 0.2) is 65.9 Å². The summed E-state index contributed by atoms with van der Waals surface area (Å²) in [6.07, 6.45) is -0.966. The third-order valence-corrected chi connectivity index (χ3v) is 4.77. The number of hydrogen-bond acceptors (Lipinski definition) is 7. The molecule has 0 fully saturated rings. The Labute approximate surface area is 190 Å². The van der Waals surface area contributed by atoms with Crippen molar-refractivity contribution in [2.45, 2.75) is 26.0 Å². The summed E-state index contributed by atoms with van der Waals surface area (Å²) < 4.78 is 16.1. The SMILES string of the molecule is CCOC(=O)C1=C(COC(=O)[C@H](C)Oc2ccc(C#N)cc2)NC(=O)N[C@H]1c1ccccc1. The summed E-state index contributed by atoms with van der Waals surface area (Å²) in [7, 11) is 0. The number of nitrogens with one attached hydrogen (secondary N) is 2. The molecule has 1 aliphatic rings. The molecule has 2 amide bonds. The van der Waals surface area contributed by atoms with Gasteiger partial charge in [-0.3, -0.25) is 0 Å². The van der Waals surface area contributed by atoms with E-state index in [1.165, 1.54) is 6.92 Å². The van der Waals surface area contributed by atoms with Gasteiger partial charge in [-0.1, -0.05) is 30.3 Å². The Morgan fingerprint density at radius 3 is 2.42 bits per heavy atom. The molecule has 0 bridgehead atoms. The number of carbonyl (C=O) groups is 3. The van der Waals surface area contributed by atoms with Gasteiger partial charge in [-0.15, -0.1) is 0 Å². The van der Waals surface area contributed by atoms with Crippen LogP contribution in [0.2, 0.25) is 0 Å². The molecule has 0 unspecified atom stereocenters. The summed E-state index contributed by atoms with van der Waals surface area (Å²) in [6, 6.07) is 15.9. The molecular formula is C24H23N3O6. The number of ether oxygens (including phenoxy) is 3. The zero-order valence-electron chi connectivity index (χ0n) is 18.2. The predicted octanol–water partition coefficient (Wildman–Crippen LogP) is 2.74. The monoisotopic (exact) mass is 449 g/mol. The molecule has 0 spiro atoms. The fourth-order valence-corrected chi connectivity index (χ4v) is 3.20. The van der Waals surface area contributed by atoms with E-state index in [2.05, 4.69) is 10.6 Å². The number of amides is 2. The number of urea groups is 1. The van der Waals surface area contributed by atoms with Gasteiger partial charge in [0.2, 0.25) is 0 Å². The van der Waals surface area contributed by atoms with Crippen LogP contribution in [0, 0.1) is 11.3 Å². The summed E-state index contributed by atoms with van der Waals surface area (Å²) in [5.74, 6) is -0.935. The Bertz CT molecular complexity index is 1090. The highest BCUT2D eigenvalue weighted by Gasteiger charge is 2.34. The topological polar surface area (TPSA) is 127 Å². The second kappa shape index (κ2) is 10.8. The summed E-state index contributed by atoms with van der Waals surface area (Å²) in [4.78, 5) is 37.5. The van der Waals surface area contributed by atoms with Gasteiger partial charge in [0, 0.05) is 0 Å². The Balaban J connectivity index is 1.77. The molecule has 2 aromatic carbocycles. The van der Waals surface area contributed by atoms with Gasteiger partial charge in [0.15, 0.2) is 6.10 Å². The van der Waals surface area contributed by atoms with Crippen molar-refractivity contribution in [3.05, 3.63) is 77.0 Å². The van der Waals surface area contributed by atoms with E-state index >= 15 is 0 Å². The predicted molar refractivity (Wildman–Crippen MR) is 117 cm³/mol. The molecular weight excluding hydrogens is 426 g/mol. The van der Waals surface area contributed by atoms with Crippen molar-refractivity contribution in [3.8, 4) is 11.8 Å². The standard InChI is InChI=1S/C24H23N3O6/c1-3-31-23(29)20-19(26-24(30)27-21(20)17-7-5-4-6-8-17)14-32-22(28)15(2)33-18-11-9-16(13-25)10-12-18/h4-12,15,21H,3,14H2,1-2H3,(H2,26,27,30)/t15-,21-/m0/s1. The molecule has 0 aromatic heterocycles. The highest BCUT2D eigenvalue weighted by Crippen LogP contribution is 2.28. The van der Waals surface area contributed by atoms with Gasteiger partial charge < -0.3 is 24.8 Å². The molecule has 0 saturated heterocycles. The number of esters is 2. The van der Waals surface area contributed by atoms with Gasteiger partial charge in [0.1, 0.15) is 12.4 Å². The molecule has 170 valence electrons. The first kappa shape index (κ1) is 23.3. The number of benzene rings is 2. The van der Waals surface area contributed by atoms with E-state index in [9.17, 15) is 14.4 Å². The number of hydrogen-bond donors (Lipinski definition) is 2. The van der Waals surface area contributed by atoms with Crippen LogP contribution in [-0.4, -0.2) is 37.3 Å². The van der Waals surface area contributed by atoms with E-state index in [-0.39, 0.29) is 24.5 Å². The normalized spacial score (nSPS) is 16.0. The lowest BCUT2D eigenvalue weighted by Crippen LogP contribution is -2.47. The Kier molecular flexibility index (Phi) is 7.65. The van der Waals surface area contributed by atoms with Crippen molar-refractivity contribution in [1.29, 1.82) is 5.26 Å². The lowest BCUT2D eigenvalue weighted by atomic mass is 9.95. The third kappa shape index (κ3) is 5.89. The molecule has 2 N–H and O–H groups in total. The molecule has 1 aliphatic heterocycles. The van der Waals surface area contributed by atoms with Gasteiger partial charge in [-0.2, -0.15) is 5.26 Å². The molecule has 0 saturated carbocycles. The number of nitriles is 1. The van der Waals surface area contributed by atoms with Crippen LogP contribution in [0.3, 0.4) is 0 Å². The maximum absolute atomic E-state index is 12.7. The maximum Gasteiger partial charge on any atom is 0.347 e. The molecule has 0 aliphatic carbocycles. The fraction of sp³-hybridized carbons (Fsp3) is 0.250. The highest BCUT2D eigenvalue weighted by atomic mass is 16.6. The van der Waals surface area contributed by atoms with Gasteiger partial charge in [0.05, 0.1) is 35.6 Å². The minimum absolute atomic E-state index is 0.130.